The first-order valence-corrected chi connectivity index (χ1v) is 5.80. The van der Waals surface area contributed by atoms with Gasteiger partial charge in [-0.3, -0.25) is 0 Å². The van der Waals surface area contributed by atoms with Crippen LogP contribution in [-0.2, 0) is 4.74 Å². The van der Waals surface area contributed by atoms with E-state index in [1.54, 1.807) is 0 Å². The maximum atomic E-state index is 5.45. The van der Waals surface area contributed by atoms with Crippen molar-refractivity contribution in [1.82, 2.24) is 10.6 Å². The highest BCUT2D eigenvalue weighted by Crippen LogP contribution is 2.26. The third-order valence-electron chi connectivity index (χ3n) is 3.46. The molecule has 1 atom stereocenters. The Balaban J connectivity index is 1.70. The Kier molecular flexibility index (Phi) is 3.42. The summed E-state index contributed by atoms with van der Waals surface area (Å²) in [6, 6.07) is 0.730. The molecule has 2 aliphatic heterocycles. The minimum absolute atomic E-state index is 0.394. The van der Waals surface area contributed by atoms with Gasteiger partial charge in [-0.15, -0.1) is 0 Å². The summed E-state index contributed by atoms with van der Waals surface area (Å²) in [4.78, 5) is 0. The molecule has 0 aliphatic carbocycles. The summed E-state index contributed by atoms with van der Waals surface area (Å²) in [5.74, 6) is 0. The van der Waals surface area contributed by atoms with Crippen LogP contribution >= 0.6 is 0 Å². The van der Waals surface area contributed by atoms with Crippen molar-refractivity contribution >= 4 is 0 Å². The average Bonchev–Trinajstić information content (AvgIpc) is 2.65. The molecular formula is C11H22N2O. The lowest BCUT2D eigenvalue weighted by atomic mass is 9.89. The molecule has 3 nitrogen and oxygen atoms in total. The molecule has 2 N–H and O–H groups in total. The zero-order chi connectivity index (χ0) is 9.86. The summed E-state index contributed by atoms with van der Waals surface area (Å²) < 4.78 is 5.45. The van der Waals surface area contributed by atoms with E-state index >= 15 is 0 Å². The number of piperidine rings is 1. The number of nitrogens with one attached hydrogen (secondary N) is 2. The van der Waals surface area contributed by atoms with Crippen molar-refractivity contribution in [3.63, 3.8) is 0 Å². The van der Waals surface area contributed by atoms with Crippen LogP contribution in [0.15, 0.2) is 0 Å². The van der Waals surface area contributed by atoms with Crippen LogP contribution in [0.4, 0.5) is 0 Å². The van der Waals surface area contributed by atoms with Crippen LogP contribution in [0.3, 0.4) is 0 Å². The number of hydrogen-bond acceptors (Lipinski definition) is 3. The predicted molar refractivity (Wildman–Crippen MR) is 57.4 cm³/mol. The van der Waals surface area contributed by atoms with Crippen LogP contribution in [-0.4, -0.2) is 38.9 Å². The van der Waals surface area contributed by atoms with Gasteiger partial charge in [0.25, 0.3) is 0 Å². The molecular weight excluding hydrogens is 176 g/mol. The average molecular weight is 198 g/mol. The minimum Gasteiger partial charge on any atom is -0.381 e. The highest BCUT2D eigenvalue weighted by atomic mass is 16.5. The van der Waals surface area contributed by atoms with Crippen LogP contribution < -0.4 is 10.6 Å². The molecule has 3 heteroatoms. The quantitative estimate of drug-likeness (QED) is 0.702. The number of rotatable bonds is 3. The summed E-state index contributed by atoms with van der Waals surface area (Å²) >= 11 is 0. The Morgan fingerprint density at radius 2 is 2.21 bits per heavy atom. The minimum atomic E-state index is 0.394. The molecule has 0 aromatic carbocycles. The van der Waals surface area contributed by atoms with Crippen molar-refractivity contribution in [2.75, 3.05) is 32.8 Å². The molecule has 0 aromatic rings. The lowest BCUT2D eigenvalue weighted by Gasteiger charge is -2.29. The molecule has 82 valence electrons. The van der Waals surface area contributed by atoms with Gasteiger partial charge in [-0.2, -0.15) is 0 Å². The van der Waals surface area contributed by atoms with E-state index in [-0.39, 0.29) is 0 Å². The molecule has 1 unspecified atom stereocenters. The molecule has 0 amide bonds. The lowest BCUT2D eigenvalue weighted by Crippen LogP contribution is -2.44. The van der Waals surface area contributed by atoms with E-state index in [9.17, 15) is 0 Å². The van der Waals surface area contributed by atoms with Gasteiger partial charge in [0.1, 0.15) is 0 Å². The monoisotopic (exact) mass is 198 g/mol. The first-order valence-electron chi connectivity index (χ1n) is 5.80. The second kappa shape index (κ2) is 4.60. The van der Waals surface area contributed by atoms with E-state index in [2.05, 4.69) is 17.6 Å². The molecule has 0 spiro atoms. The second-order valence-electron chi connectivity index (χ2n) is 5.02. The van der Waals surface area contributed by atoms with E-state index in [1.165, 1.54) is 32.4 Å². The summed E-state index contributed by atoms with van der Waals surface area (Å²) in [6.45, 7) is 7.68. The fourth-order valence-corrected chi connectivity index (χ4v) is 2.27. The molecule has 0 bridgehead atoms. The molecule has 0 aromatic heterocycles. The molecule has 0 saturated carbocycles. The van der Waals surface area contributed by atoms with Crippen LogP contribution in [0.1, 0.15) is 26.2 Å². The second-order valence-corrected chi connectivity index (χ2v) is 5.02. The normalized spacial score (nSPS) is 34.9. The molecule has 14 heavy (non-hydrogen) atoms. The molecule has 2 saturated heterocycles. The van der Waals surface area contributed by atoms with Gasteiger partial charge in [0.2, 0.25) is 0 Å². The van der Waals surface area contributed by atoms with Gasteiger partial charge < -0.3 is 15.4 Å². The zero-order valence-corrected chi connectivity index (χ0v) is 9.14. The third-order valence-corrected chi connectivity index (χ3v) is 3.46. The maximum absolute atomic E-state index is 5.45. The third kappa shape index (κ3) is 2.69. The topological polar surface area (TPSA) is 33.3 Å². The van der Waals surface area contributed by atoms with Crippen molar-refractivity contribution in [1.29, 1.82) is 0 Å². The SMILES string of the molecule is CC1(CNC2CCNCC2)CCOC1. The van der Waals surface area contributed by atoms with Gasteiger partial charge in [0.15, 0.2) is 0 Å². The Morgan fingerprint density at radius 3 is 2.86 bits per heavy atom. The largest absolute Gasteiger partial charge is 0.381 e. The van der Waals surface area contributed by atoms with Gasteiger partial charge in [-0.25, -0.2) is 0 Å². The molecule has 2 fully saturated rings. The van der Waals surface area contributed by atoms with E-state index in [1.807, 2.05) is 0 Å². The lowest BCUT2D eigenvalue weighted by molar-refractivity contribution is 0.155. The van der Waals surface area contributed by atoms with Crippen molar-refractivity contribution in [2.45, 2.75) is 32.2 Å². The summed E-state index contributed by atoms with van der Waals surface area (Å²) in [6.07, 6.45) is 3.76. The molecule has 2 aliphatic rings. The van der Waals surface area contributed by atoms with Crippen LogP contribution in [0.5, 0.6) is 0 Å². The van der Waals surface area contributed by atoms with Crippen LogP contribution in [0, 0.1) is 5.41 Å². The number of hydrogen-bond donors (Lipinski definition) is 2. The highest BCUT2D eigenvalue weighted by Gasteiger charge is 2.30. The molecule has 0 radical (unpaired) electrons. The smallest absolute Gasteiger partial charge is 0.0532 e. The standard InChI is InChI=1S/C11H22N2O/c1-11(4-7-14-9-11)8-13-10-2-5-12-6-3-10/h10,12-13H,2-9H2,1H3. The first kappa shape index (κ1) is 10.4. The van der Waals surface area contributed by atoms with Gasteiger partial charge in [-0.1, -0.05) is 6.92 Å². The van der Waals surface area contributed by atoms with Gasteiger partial charge in [0, 0.05) is 24.6 Å². The van der Waals surface area contributed by atoms with E-state index < -0.39 is 0 Å². The Labute approximate surface area is 86.6 Å². The highest BCUT2D eigenvalue weighted by molar-refractivity contribution is 4.83. The summed E-state index contributed by atoms with van der Waals surface area (Å²) in [7, 11) is 0. The van der Waals surface area contributed by atoms with E-state index in [0.717, 1.165) is 25.8 Å². The van der Waals surface area contributed by atoms with Crippen molar-refractivity contribution in [3.8, 4) is 0 Å². The van der Waals surface area contributed by atoms with Gasteiger partial charge in [-0.05, 0) is 32.4 Å². The maximum Gasteiger partial charge on any atom is 0.0532 e. The van der Waals surface area contributed by atoms with Gasteiger partial charge >= 0.3 is 0 Å². The van der Waals surface area contributed by atoms with Crippen molar-refractivity contribution in [3.05, 3.63) is 0 Å². The molecule has 2 rings (SSSR count). The van der Waals surface area contributed by atoms with Crippen LogP contribution in [0.25, 0.3) is 0 Å². The fourth-order valence-electron chi connectivity index (χ4n) is 2.27. The fraction of sp³-hybridized carbons (Fsp3) is 1.00. The summed E-state index contributed by atoms with van der Waals surface area (Å²) in [5.41, 5.74) is 0.394. The van der Waals surface area contributed by atoms with E-state index in [0.29, 0.717) is 5.41 Å². The van der Waals surface area contributed by atoms with Crippen molar-refractivity contribution < 1.29 is 4.74 Å². The number of ether oxygens (including phenoxy) is 1. The summed E-state index contributed by atoms with van der Waals surface area (Å²) in [5, 5.41) is 7.07. The Morgan fingerprint density at radius 1 is 1.43 bits per heavy atom. The van der Waals surface area contributed by atoms with Gasteiger partial charge in [0.05, 0.1) is 6.61 Å². The predicted octanol–water partition coefficient (Wildman–Crippen LogP) is 0.755. The molecule has 2 heterocycles. The van der Waals surface area contributed by atoms with Crippen LogP contribution in [0.2, 0.25) is 0 Å². The van der Waals surface area contributed by atoms with E-state index in [4.69, 9.17) is 4.74 Å². The Hall–Kier alpha value is -0.120. The first-order chi connectivity index (χ1) is 6.79. The van der Waals surface area contributed by atoms with Crippen molar-refractivity contribution in [2.24, 2.45) is 5.41 Å². The zero-order valence-electron chi connectivity index (χ0n) is 9.14. The Bertz CT molecular complexity index is 172.